The van der Waals surface area contributed by atoms with Gasteiger partial charge in [-0.25, -0.2) is 0 Å². The number of fused-ring (bicyclic) bond motifs is 1. The van der Waals surface area contributed by atoms with E-state index < -0.39 is 0 Å². The van der Waals surface area contributed by atoms with Gasteiger partial charge in [-0.1, -0.05) is 38.2 Å². The molecule has 0 unspecified atom stereocenters. The van der Waals surface area contributed by atoms with E-state index in [0.717, 1.165) is 18.3 Å². The molecule has 0 radical (unpaired) electrons. The maximum atomic E-state index is 6.09. The quantitative estimate of drug-likeness (QED) is 0.464. The maximum Gasteiger partial charge on any atom is 0.0988 e. The molecule has 0 aromatic rings. The van der Waals surface area contributed by atoms with Crippen LogP contribution in [0.3, 0.4) is 0 Å². The Morgan fingerprint density at radius 1 is 1.28 bits per heavy atom. The lowest BCUT2D eigenvalue weighted by atomic mass is 9.51. The lowest BCUT2D eigenvalue weighted by Gasteiger charge is -2.53. The average molecular weight is 244 g/mol. The molecule has 2 saturated carbocycles. The molecule has 5 rings (SSSR count). The van der Waals surface area contributed by atoms with Gasteiger partial charge in [-0.3, -0.25) is 0 Å². The molecule has 0 aromatic heterocycles. The fourth-order valence-corrected chi connectivity index (χ4v) is 4.99. The second-order valence-corrected chi connectivity index (χ2v) is 7.88. The van der Waals surface area contributed by atoms with E-state index in [4.69, 9.17) is 4.74 Å². The highest BCUT2D eigenvalue weighted by Gasteiger charge is 2.64. The zero-order chi connectivity index (χ0) is 12.7. The van der Waals surface area contributed by atoms with Crippen LogP contribution in [0, 0.1) is 29.1 Å². The molecule has 1 nitrogen and oxygen atoms in total. The Morgan fingerprint density at radius 2 is 2.06 bits per heavy atom. The SMILES string of the molecule is C=C1C[C@H]2C=C[C@@H](C[C@@H]3[C@@H]1CC3(C)C)[C@@]1(C)O[C@@H]21. The summed E-state index contributed by atoms with van der Waals surface area (Å²) in [5.74, 6) is 2.84. The largest absolute Gasteiger partial charge is 0.365 e. The summed E-state index contributed by atoms with van der Waals surface area (Å²) in [7, 11) is 0. The van der Waals surface area contributed by atoms with Crippen LogP contribution in [0.4, 0.5) is 0 Å². The molecular formula is C17H24O. The average Bonchev–Trinajstić information content (AvgIpc) is 2.96. The van der Waals surface area contributed by atoms with Gasteiger partial charge in [0.25, 0.3) is 0 Å². The van der Waals surface area contributed by atoms with E-state index in [-0.39, 0.29) is 5.60 Å². The third-order valence-electron chi connectivity index (χ3n) is 6.37. The molecule has 1 saturated heterocycles. The van der Waals surface area contributed by atoms with Gasteiger partial charge >= 0.3 is 0 Å². The number of ether oxygens (including phenoxy) is 1. The molecule has 4 aliphatic carbocycles. The van der Waals surface area contributed by atoms with Gasteiger partial charge in [0, 0.05) is 11.8 Å². The molecule has 0 N–H and O–H groups in total. The highest BCUT2D eigenvalue weighted by atomic mass is 16.6. The van der Waals surface area contributed by atoms with E-state index >= 15 is 0 Å². The van der Waals surface area contributed by atoms with Crippen molar-refractivity contribution in [1.82, 2.24) is 0 Å². The van der Waals surface area contributed by atoms with Gasteiger partial charge in [0.2, 0.25) is 0 Å². The molecule has 98 valence electrons. The smallest absolute Gasteiger partial charge is 0.0988 e. The van der Waals surface area contributed by atoms with Crippen molar-refractivity contribution in [3.8, 4) is 0 Å². The fourth-order valence-electron chi connectivity index (χ4n) is 4.99. The predicted molar refractivity (Wildman–Crippen MR) is 73.2 cm³/mol. The first-order chi connectivity index (χ1) is 8.42. The lowest BCUT2D eigenvalue weighted by molar-refractivity contribution is -0.0106. The first-order valence-corrected chi connectivity index (χ1v) is 7.45. The number of allylic oxidation sites excluding steroid dienone is 1. The minimum atomic E-state index is 0.153. The molecule has 0 aromatic carbocycles. The van der Waals surface area contributed by atoms with Gasteiger partial charge in [0.05, 0.1) is 11.7 Å². The highest BCUT2D eigenvalue weighted by Crippen LogP contribution is 2.63. The van der Waals surface area contributed by atoms with Gasteiger partial charge in [-0.15, -0.1) is 0 Å². The van der Waals surface area contributed by atoms with E-state index in [1.54, 1.807) is 0 Å². The van der Waals surface area contributed by atoms with Crippen LogP contribution in [0.1, 0.15) is 40.0 Å². The van der Waals surface area contributed by atoms with E-state index in [9.17, 15) is 0 Å². The molecule has 2 bridgehead atoms. The van der Waals surface area contributed by atoms with Gasteiger partial charge in [-0.05, 0) is 43.4 Å². The number of rotatable bonds is 0. The topological polar surface area (TPSA) is 12.5 Å². The van der Waals surface area contributed by atoms with Crippen LogP contribution in [-0.2, 0) is 4.74 Å². The second kappa shape index (κ2) is 3.12. The van der Waals surface area contributed by atoms with E-state index in [0.29, 0.717) is 23.4 Å². The monoisotopic (exact) mass is 244 g/mol. The number of hydrogen-bond donors (Lipinski definition) is 0. The van der Waals surface area contributed by atoms with Gasteiger partial charge in [0.1, 0.15) is 0 Å². The van der Waals surface area contributed by atoms with Crippen molar-refractivity contribution < 1.29 is 4.74 Å². The third-order valence-corrected chi connectivity index (χ3v) is 6.37. The van der Waals surface area contributed by atoms with Crippen LogP contribution in [0.2, 0.25) is 0 Å². The van der Waals surface area contributed by atoms with E-state index in [2.05, 4.69) is 39.5 Å². The zero-order valence-electron chi connectivity index (χ0n) is 11.8. The number of epoxide rings is 1. The van der Waals surface area contributed by atoms with Crippen LogP contribution in [0.5, 0.6) is 0 Å². The summed E-state index contributed by atoms with van der Waals surface area (Å²) in [6.07, 6.45) is 9.15. The summed E-state index contributed by atoms with van der Waals surface area (Å²) in [5, 5.41) is 0. The normalized spacial score (nSPS) is 55.7. The molecule has 1 aliphatic heterocycles. The van der Waals surface area contributed by atoms with E-state index in [1.807, 2.05) is 0 Å². The Kier molecular flexibility index (Phi) is 1.96. The summed E-state index contributed by atoms with van der Waals surface area (Å²) in [4.78, 5) is 0. The van der Waals surface area contributed by atoms with Crippen LogP contribution in [0.25, 0.3) is 0 Å². The predicted octanol–water partition coefficient (Wildman–Crippen LogP) is 3.96. The minimum absolute atomic E-state index is 0.153. The Labute approximate surface area is 110 Å². The van der Waals surface area contributed by atoms with Crippen LogP contribution in [0.15, 0.2) is 24.3 Å². The Bertz CT molecular complexity index is 447. The highest BCUT2D eigenvalue weighted by molar-refractivity contribution is 5.27. The van der Waals surface area contributed by atoms with Crippen molar-refractivity contribution in [3.63, 3.8) is 0 Å². The Morgan fingerprint density at radius 3 is 2.78 bits per heavy atom. The summed E-state index contributed by atoms with van der Waals surface area (Å²) in [6.45, 7) is 11.6. The van der Waals surface area contributed by atoms with Crippen LogP contribution in [-0.4, -0.2) is 11.7 Å². The molecule has 3 fully saturated rings. The summed E-state index contributed by atoms with van der Waals surface area (Å²) < 4.78 is 6.09. The van der Waals surface area contributed by atoms with Crippen molar-refractivity contribution in [1.29, 1.82) is 0 Å². The second-order valence-electron chi connectivity index (χ2n) is 7.88. The van der Waals surface area contributed by atoms with Gasteiger partial charge < -0.3 is 4.74 Å². The van der Waals surface area contributed by atoms with Crippen molar-refractivity contribution in [3.05, 3.63) is 24.3 Å². The standard InChI is InChI=1S/C17H24O/c1-10-7-11-5-6-12(17(4)15(11)18-17)8-14-13(10)9-16(14,2)3/h5-6,11-15H,1,7-9H2,2-4H3/t11-,12+,13-,14-,15+,17-/m1/s1. The zero-order valence-corrected chi connectivity index (χ0v) is 11.8. The van der Waals surface area contributed by atoms with Crippen LogP contribution >= 0.6 is 0 Å². The first-order valence-electron chi connectivity index (χ1n) is 7.45. The Balaban J connectivity index is 1.72. The molecule has 1 heterocycles. The molecule has 6 atom stereocenters. The minimum Gasteiger partial charge on any atom is -0.365 e. The maximum absolute atomic E-state index is 6.09. The van der Waals surface area contributed by atoms with Crippen molar-refractivity contribution in [2.75, 3.05) is 0 Å². The fraction of sp³-hybridized carbons (Fsp3) is 0.765. The summed E-state index contributed by atoms with van der Waals surface area (Å²) in [6, 6.07) is 0. The molecule has 5 aliphatic rings. The van der Waals surface area contributed by atoms with Gasteiger partial charge in [-0.2, -0.15) is 0 Å². The molecule has 1 heteroatoms. The lowest BCUT2D eigenvalue weighted by Crippen LogP contribution is -2.46. The summed E-state index contributed by atoms with van der Waals surface area (Å²) >= 11 is 0. The van der Waals surface area contributed by atoms with Crippen molar-refractivity contribution >= 4 is 0 Å². The molecule has 0 spiro atoms. The van der Waals surface area contributed by atoms with Gasteiger partial charge in [0.15, 0.2) is 0 Å². The number of hydrogen-bond acceptors (Lipinski definition) is 1. The molecular weight excluding hydrogens is 220 g/mol. The molecule has 0 amide bonds. The first kappa shape index (κ1) is 11.3. The summed E-state index contributed by atoms with van der Waals surface area (Å²) in [5.41, 5.74) is 2.15. The Hall–Kier alpha value is -0.560. The van der Waals surface area contributed by atoms with Crippen molar-refractivity contribution in [2.24, 2.45) is 29.1 Å². The van der Waals surface area contributed by atoms with Crippen molar-refractivity contribution in [2.45, 2.75) is 51.7 Å². The van der Waals surface area contributed by atoms with E-state index in [1.165, 1.54) is 18.4 Å². The van der Waals surface area contributed by atoms with Crippen LogP contribution < -0.4 is 0 Å². The molecule has 18 heavy (non-hydrogen) atoms. The third kappa shape index (κ3) is 1.27.